The lowest BCUT2D eigenvalue weighted by Gasteiger charge is -2.38. The van der Waals surface area contributed by atoms with E-state index in [1.165, 1.54) is 60.3 Å². The molecule has 3 heterocycles. The number of hydrogen-bond donors (Lipinski definition) is 6. The number of nitrogens with zero attached hydrogens (tertiary/aromatic N) is 1. The number of aromatic hydroxyl groups is 3. The average molecular weight is 799 g/mol. The Kier molecular flexibility index (Phi) is 14.4. The van der Waals surface area contributed by atoms with Crippen LogP contribution in [0.1, 0.15) is 70.0 Å². The fraction of sp³-hybridized carbons (Fsp3) is 0.512. The van der Waals surface area contributed by atoms with Crippen molar-refractivity contribution in [2.75, 3.05) is 32.8 Å². The van der Waals surface area contributed by atoms with Gasteiger partial charge in [0.15, 0.2) is 5.75 Å². The summed E-state index contributed by atoms with van der Waals surface area (Å²) in [5.41, 5.74) is -0.699. The van der Waals surface area contributed by atoms with Gasteiger partial charge in [0.05, 0.1) is 59.6 Å². The molecule has 0 radical (unpaired) electrons. The number of hydrogen-bond acceptors (Lipinski definition) is 15. The zero-order chi connectivity index (χ0) is 42.5. The van der Waals surface area contributed by atoms with Crippen LogP contribution in [0.15, 0.2) is 41.3 Å². The predicted molar refractivity (Wildman–Crippen MR) is 209 cm³/mol. The van der Waals surface area contributed by atoms with Crippen LogP contribution in [-0.4, -0.2) is 107 Å². The maximum absolute atomic E-state index is 14.3. The lowest BCUT2D eigenvalue weighted by molar-refractivity contribution is -0.160. The van der Waals surface area contributed by atoms with Crippen LogP contribution < -0.4 is 10.1 Å². The van der Waals surface area contributed by atoms with Gasteiger partial charge in [-0.25, -0.2) is 0 Å². The summed E-state index contributed by atoms with van der Waals surface area (Å²) in [6.07, 6.45) is 4.41. The molecule has 0 saturated carbocycles. The summed E-state index contributed by atoms with van der Waals surface area (Å²) in [6, 6.07) is 0. The molecular weight excluding hydrogens is 744 g/mol. The number of nitrogens with one attached hydrogen (secondary N) is 1. The normalized spacial score (nSPS) is 30.7. The molecule has 16 heteroatoms. The Hall–Kier alpha value is -5.16. The van der Waals surface area contributed by atoms with Crippen LogP contribution in [0, 0.1) is 30.6 Å². The minimum absolute atomic E-state index is 0.0190. The van der Waals surface area contributed by atoms with Crippen molar-refractivity contribution in [3.05, 3.63) is 52.8 Å². The molecule has 2 aromatic rings. The number of carbonyl (C=O) groups is 3. The van der Waals surface area contributed by atoms with E-state index in [1.54, 1.807) is 39.8 Å². The van der Waals surface area contributed by atoms with E-state index < -0.39 is 88.8 Å². The Balaban J connectivity index is 1.96. The van der Waals surface area contributed by atoms with Gasteiger partial charge in [0, 0.05) is 68.3 Å². The number of anilines is 1. The molecule has 0 aliphatic carbocycles. The number of phenolic OH excluding ortho intramolecular Hbond substituents is 3. The number of Topliss-reactive ketones (excluding diaryl/α,β-unsaturated/α-hetero) is 1. The largest absolute Gasteiger partial charge is 0.507 e. The number of aliphatic hydroxyl groups excluding tert-OH is 2. The number of rotatable bonds is 7. The highest BCUT2D eigenvalue weighted by molar-refractivity contribution is 6.23. The van der Waals surface area contributed by atoms with Gasteiger partial charge in [-0.15, -0.1) is 0 Å². The molecule has 0 fully saturated rings. The van der Waals surface area contributed by atoms with Crippen molar-refractivity contribution < 1.29 is 68.4 Å². The molecule has 2 aromatic carbocycles. The molecule has 0 spiro atoms. The van der Waals surface area contributed by atoms with Gasteiger partial charge in [-0.05, 0) is 19.9 Å². The van der Waals surface area contributed by atoms with E-state index >= 15 is 0 Å². The van der Waals surface area contributed by atoms with Gasteiger partial charge < -0.3 is 59.4 Å². The van der Waals surface area contributed by atoms with E-state index in [-0.39, 0.29) is 57.7 Å². The first-order chi connectivity index (χ1) is 26.8. The fourth-order valence-corrected chi connectivity index (χ4v) is 7.14. The molecular formula is C41H54N2O14. The number of esters is 1. The van der Waals surface area contributed by atoms with E-state index in [4.69, 9.17) is 28.5 Å². The highest BCUT2D eigenvalue weighted by Gasteiger charge is 2.50. The van der Waals surface area contributed by atoms with Crippen LogP contribution in [0.3, 0.4) is 0 Å². The third kappa shape index (κ3) is 9.04. The van der Waals surface area contributed by atoms with Crippen molar-refractivity contribution in [3.63, 3.8) is 0 Å². The summed E-state index contributed by atoms with van der Waals surface area (Å²) in [5, 5.41) is 63.6. The summed E-state index contributed by atoms with van der Waals surface area (Å²) in [6.45, 7) is 12.6. The van der Waals surface area contributed by atoms with E-state index in [2.05, 4.69) is 10.5 Å². The Morgan fingerprint density at radius 3 is 2.26 bits per heavy atom. The van der Waals surface area contributed by atoms with Crippen molar-refractivity contribution in [2.24, 2.45) is 28.8 Å². The quantitative estimate of drug-likeness (QED) is 0.0555. The lowest BCUT2D eigenvalue weighted by atomic mass is 9.78. The predicted octanol–water partition coefficient (Wildman–Crippen LogP) is 4.75. The summed E-state index contributed by atoms with van der Waals surface area (Å²) >= 11 is 0. The zero-order valence-corrected chi connectivity index (χ0v) is 33.9. The number of phenols is 3. The summed E-state index contributed by atoms with van der Waals surface area (Å²) in [5.74, 6) is -8.75. The third-order valence-electron chi connectivity index (χ3n) is 10.7. The van der Waals surface area contributed by atoms with Crippen molar-refractivity contribution in [2.45, 2.75) is 85.6 Å². The first-order valence-electron chi connectivity index (χ1n) is 18.5. The van der Waals surface area contributed by atoms with E-state index in [1.807, 2.05) is 0 Å². The van der Waals surface area contributed by atoms with Gasteiger partial charge in [-0.2, -0.15) is 0 Å². The highest BCUT2D eigenvalue weighted by atomic mass is 16.7. The minimum Gasteiger partial charge on any atom is -0.507 e. The topological polar surface area (TPSA) is 232 Å². The molecule has 9 atom stereocenters. The van der Waals surface area contributed by atoms with Gasteiger partial charge in [-0.1, -0.05) is 51.1 Å². The number of benzene rings is 2. The number of amides is 1. The van der Waals surface area contributed by atoms with E-state index in [9.17, 15) is 39.9 Å². The van der Waals surface area contributed by atoms with Crippen LogP contribution >= 0.6 is 0 Å². The van der Waals surface area contributed by atoms with E-state index in [0.29, 0.717) is 0 Å². The molecule has 3 aliphatic heterocycles. The van der Waals surface area contributed by atoms with Crippen LogP contribution in [0.2, 0.25) is 0 Å². The van der Waals surface area contributed by atoms with Gasteiger partial charge in [0.1, 0.15) is 30.0 Å². The molecule has 0 saturated heterocycles. The van der Waals surface area contributed by atoms with Crippen LogP contribution in [0.5, 0.6) is 23.0 Å². The van der Waals surface area contributed by atoms with Crippen LogP contribution in [-0.2, 0) is 33.4 Å². The summed E-state index contributed by atoms with van der Waals surface area (Å²) in [7, 11) is 2.88. The van der Waals surface area contributed by atoms with Crippen molar-refractivity contribution >= 4 is 40.3 Å². The number of aliphatic hydroxyl groups is 2. The highest BCUT2D eigenvalue weighted by Crippen LogP contribution is 2.55. The first kappa shape index (κ1) is 44.6. The minimum atomic E-state index is -2.07. The molecule has 1 amide bonds. The van der Waals surface area contributed by atoms with Crippen LogP contribution in [0.25, 0.3) is 10.8 Å². The van der Waals surface area contributed by atoms with Crippen molar-refractivity contribution in [3.8, 4) is 23.0 Å². The molecule has 312 valence electrons. The Morgan fingerprint density at radius 1 is 0.947 bits per heavy atom. The molecule has 9 unspecified atom stereocenters. The number of fused-ring (bicyclic) bond motifs is 14. The molecule has 57 heavy (non-hydrogen) atoms. The first-order valence-corrected chi connectivity index (χ1v) is 18.5. The molecule has 5 rings (SSSR count). The summed E-state index contributed by atoms with van der Waals surface area (Å²) < 4.78 is 28.4. The Morgan fingerprint density at radius 2 is 1.63 bits per heavy atom. The number of oxime groups is 1. The van der Waals surface area contributed by atoms with Crippen molar-refractivity contribution in [1.82, 2.24) is 0 Å². The van der Waals surface area contributed by atoms with Crippen molar-refractivity contribution in [1.29, 1.82) is 0 Å². The average Bonchev–Trinajstić information content (AvgIpc) is 3.43. The zero-order valence-electron chi connectivity index (χ0n) is 33.9. The third-order valence-corrected chi connectivity index (χ3v) is 10.7. The van der Waals surface area contributed by atoms with Crippen LogP contribution in [0.4, 0.5) is 5.69 Å². The molecule has 3 aliphatic rings. The number of allylic oxidation sites excluding steroid dienone is 2. The Labute approximate surface area is 331 Å². The monoisotopic (exact) mass is 798 g/mol. The molecule has 16 nitrogen and oxygen atoms in total. The number of ether oxygens (including phenoxy) is 5. The lowest BCUT2D eigenvalue weighted by Crippen LogP contribution is -2.46. The van der Waals surface area contributed by atoms with Gasteiger partial charge >= 0.3 is 11.8 Å². The SMILES string of the molecule is COCCO/N=C/c1c2c(O)c3c(O)c(C)c4c(c3c1O)C(=O)C(C)(O/C=C/C(OC)C(C)C(OC(C)=O)C(C)C(O)C(C)C(O)C(C)/C=C/C=C(\C)C(=O)N2)O4. The van der Waals surface area contributed by atoms with Gasteiger partial charge in [0.2, 0.25) is 0 Å². The standard InChI is InChI=1S/C41H54N2O14/c1-19-12-11-13-20(2)40(51)43-31-26(18-42-55-17-16-52-9)35(48)28-29(36(31)49)34(47)24(6)38-30(28)39(50)41(8,57-38)54-15-14-27(53-10)21(3)37(56-25(7)44)23(5)33(46)22(4)32(19)45/h11-15,18-19,21-23,27,32-33,37,45-49H,16-17H2,1-10H3,(H,43,51)/b12-11+,15-14+,20-13+,42-18+. The summed E-state index contributed by atoms with van der Waals surface area (Å²) in [4.78, 5) is 45.4. The number of carbonyl (C=O) groups excluding carboxylic acids is 3. The molecule has 0 aromatic heterocycles. The second-order valence-corrected chi connectivity index (χ2v) is 14.7. The number of ketones is 1. The maximum Gasteiger partial charge on any atom is 0.312 e. The fourth-order valence-electron chi connectivity index (χ4n) is 7.14. The van der Waals surface area contributed by atoms with Gasteiger partial charge in [0.25, 0.3) is 11.7 Å². The number of methoxy groups -OCH3 is 2. The smallest absolute Gasteiger partial charge is 0.312 e. The second kappa shape index (κ2) is 18.4. The maximum atomic E-state index is 14.3. The van der Waals surface area contributed by atoms with Gasteiger partial charge in [-0.3, -0.25) is 14.4 Å². The second-order valence-electron chi connectivity index (χ2n) is 14.7. The van der Waals surface area contributed by atoms with E-state index in [0.717, 1.165) is 6.21 Å². The molecule has 6 N–H and O–H groups in total. The Bertz CT molecular complexity index is 1970. The molecule has 5 bridgehead atoms.